The first kappa shape index (κ1) is 49.1. The number of hydrogen-bond acceptors (Lipinski definition) is 13. The van der Waals surface area contributed by atoms with Crippen molar-refractivity contribution in [1.82, 2.24) is 0 Å². The van der Waals surface area contributed by atoms with Crippen LogP contribution in [0.1, 0.15) is 93.9 Å². The molecule has 0 bridgehead atoms. The first-order valence-corrected chi connectivity index (χ1v) is 20.4. The lowest BCUT2D eigenvalue weighted by molar-refractivity contribution is -0.329. The van der Waals surface area contributed by atoms with E-state index in [1.807, 2.05) is 58.9 Å². The molecule has 0 spiro atoms. The minimum Gasteiger partial charge on any atom is -0.459 e. The van der Waals surface area contributed by atoms with Gasteiger partial charge in [0, 0.05) is 63.9 Å². The summed E-state index contributed by atoms with van der Waals surface area (Å²) in [6.45, 7) is 14.9. The molecule has 2 saturated heterocycles. The van der Waals surface area contributed by atoms with Crippen molar-refractivity contribution < 1.29 is 63.5 Å². The summed E-state index contributed by atoms with van der Waals surface area (Å²) in [5.74, 6) is -3.69. The van der Waals surface area contributed by atoms with Crippen molar-refractivity contribution in [3.05, 3.63) is 58.7 Å². The molecule has 0 amide bonds. The Bertz CT molecular complexity index is 1420. The summed E-state index contributed by atoms with van der Waals surface area (Å²) >= 11 is 0. The molecule has 5 N–H and O–H groups in total. The number of aliphatic hydroxyl groups excluding tert-OH is 4. The van der Waals surface area contributed by atoms with Crippen LogP contribution in [0.25, 0.3) is 0 Å². The zero-order valence-corrected chi connectivity index (χ0v) is 36.0. The van der Waals surface area contributed by atoms with Gasteiger partial charge in [-0.1, -0.05) is 67.9 Å². The molecule has 3 rings (SSSR count). The van der Waals surface area contributed by atoms with Crippen LogP contribution in [0.2, 0.25) is 0 Å². The Hall–Kier alpha value is -2.27. The lowest BCUT2D eigenvalue weighted by atomic mass is 9.77. The van der Waals surface area contributed by atoms with E-state index in [1.165, 1.54) is 14.2 Å². The number of ether oxygens (including phenoxy) is 7. The predicted octanol–water partition coefficient (Wildman–Crippen LogP) is 4.84. The first-order chi connectivity index (χ1) is 26.8. The molecule has 0 aromatic carbocycles. The maximum Gasteiger partial charge on any atom is 0.333 e. The van der Waals surface area contributed by atoms with Crippen LogP contribution in [-0.4, -0.2) is 133 Å². The zero-order valence-electron chi connectivity index (χ0n) is 36.0. The van der Waals surface area contributed by atoms with Crippen molar-refractivity contribution in [2.75, 3.05) is 27.9 Å². The molecule has 0 saturated carbocycles. The molecule has 15 atom stereocenters. The van der Waals surface area contributed by atoms with Crippen LogP contribution < -0.4 is 0 Å². The molecule has 13 heteroatoms. The largest absolute Gasteiger partial charge is 0.459 e. The first-order valence-electron chi connectivity index (χ1n) is 20.4. The van der Waals surface area contributed by atoms with Crippen molar-refractivity contribution in [3.63, 3.8) is 0 Å². The Kier molecular flexibility index (Phi) is 19.7. The number of hydrogen-bond donors (Lipinski definition) is 5. The molecule has 326 valence electrons. The third-order valence-electron chi connectivity index (χ3n) is 11.6. The minimum atomic E-state index is -1.86. The van der Waals surface area contributed by atoms with Gasteiger partial charge < -0.3 is 58.7 Å². The second-order valence-corrected chi connectivity index (χ2v) is 16.5. The molecular formula is C44H72O13. The Morgan fingerprint density at radius 2 is 1.63 bits per heavy atom. The summed E-state index contributed by atoms with van der Waals surface area (Å²) in [5, 5.41) is 55.3. The highest BCUT2D eigenvalue weighted by Gasteiger charge is 2.51. The van der Waals surface area contributed by atoms with Crippen molar-refractivity contribution in [2.45, 2.75) is 167 Å². The van der Waals surface area contributed by atoms with E-state index in [1.54, 1.807) is 34.0 Å². The maximum atomic E-state index is 13.7. The molecule has 0 radical (unpaired) electrons. The Labute approximate surface area is 340 Å². The van der Waals surface area contributed by atoms with Gasteiger partial charge in [-0.25, -0.2) is 4.79 Å². The summed E-state index contributed by atoms with van der Waals surface area (Å²) < 4.78 is 41.1. The van der Waals surface area contributed by atoms with Crippen LogP contribution in [-0.2, 0) is 38.0 Å². The average molecular weight is 809 g/mol. The third-order valence-corrected chi connectivity index (χ3v) is 11.6. The van der Waals surface area contributed by atoms with E-state index < -0.39 is 78.9 Å². The number of rotatable bonds is 10. The van der Waals surface area contributed by atoms with Gasteiger partial charge in [-0.15, -0.1) is 0 Å². The number of aliphatic hydroxyl groups is 5. The van der Waals surface area contributed by atoms with Gasteiger partial charge in [0.25, 0.3) is 0 Å². The van der Waals surface area contributed by atoms with Crippen LogP contribution >= 0.6 is 0 Å². The lowest BCUT2D eigenvalue weighted by Crippen LogP contribution is -2.59. The molecule has 1 unspecified atom stereocenters. The molecule has 3 aliphatic heterocycles. The predicted molar refractivity (Wildman–Crippen MR) is 216 cm³/mol. The third kappa shape index (κ3) is 14.2. The summed E-state index contributed by atoms with van der Waals surface area (Å²) in [4.78, 5) is 13.7. The van der Waals surface area contributed by atoms with Gasteiger partial charge in [0.15, 0.2) is 12.1 Å². The molecule has 2 fully saturated rings. The van der Waals surface area contributed by atoms with Gasteiger partial charge in [0.2, 0.25) is 0 Å². The molecule has 0 aliphatic carbocycles. The summed E-state index contributed by atoms with van der Waals surface area (Å²) in [6, 6.07) is 0. The van der Waals surface area contributed by atoms with Crippen LogP contribution in [0.3, 0.4) is 0 Å². The monoisotopic (exact) mass is 808 g/mol. The van der Waals surface area contributed by atoms with Crippen molar-refractivity contribution in [2.24, 2.45) is 17.8 Å². The highest BCUT2D eigenvalue weighted by atomic mass is 16.7. The molecule has 13 nitrogen and oxygen atoms in total. The second kappa shape index (κ2) is 22.9. The van der Waals surface area contributed by atoms with Crippen molar-refractivity contribution in [3.8, 4) is 0 Å². The number of methoxy groups -OCH3 is 3. The minimum absolute atomic E-state index is 0.0855. The van der Waals surface area contributed by atoms with E-state index in [0.717, 1.165) is 29.6 Å². The normalized spacial score (nSPS) is 43.2. The van der Waals surface area contributed by atoms with Gasteiger partial charge >= 0.3 is 5.97 Å². The fourth-order valence-electron chi connectivity index (χ4n) is 8.11. The SMILES string of the molecule is COC[C@H](O)C[C@H]1O[C@@](O)(CC2C[C@H](OC)CCC/C=C(C)/C=C/[C@@H](O[C@@H]3O[C@@H](C)[C@H](OC)[C@@H](O)[C@H]3O)[C@H](C)/C=C(C)/C=C(C)/C=C(\C)C(=O)O2)[C@H](C)[C@@H](O)[C@H]1C. The fraction of sp³-hybridized carbons (Fsp3) is 0.750. The Balaban J connectivity index is 1.93. The number of esters is 1. The Morgan fingerprint density at radius 3 is 2.28 bits per heavy atom. The van der Waals surface area contributed by atoms with Crippen LogP contribution in [0.4, 0.5) is 0 Å². The van der Waals surface area contributed by atoms with Crippen LogP contribution in [0.15, 0.2) is 58.7 Å². The van der Waals surface area contributed by atoms with Gasteiger partial charge in [-0.3, -0.25) is 0 Å². The Morgan fingerprint density at radius 1 is 0.930 bits per heavy atom. The number of carbonyl (C=O) groups is 1. The van der Waals surface area contributed by atoms with E-state index in [0.29, 0.717) is 12.0 Å². The number of cyclic esters (lactones) is 1. The molecule has 3 aliphatic rings. The van der Waals surface area contributed by atoms with Crippen molar-refractivity contribution in [1.29, 1.82) is 0 Å². The lowest BCUT2D eigenvalue weighted by Gasteiger charge is -2.49. The van der Waals surface area contributed by atoms with Crippen LogP contribution in [0.5, 0.6) is 0 Å². The molecule has 57 heavy (non-hydrogen) atoms. The number of allylic oxidation sites excluding steroid dienone is 7. The van der Waals surface area contributed by atoms with E-state index >= 15 is 0 Å². The highest BCUT2D eigenvalue weighted by molar-refractivity contribution is 5.88. The highest BCUT2D eigenvalue weighted by Crippen LogP contribution is 2.41. The maximum absolute atomic E-state index is 13.7. The quantitative estimate of drug-likeness (QED) is 0.189. The van der Waals surface area contributed by atoms with E-state index in [4.69, 9.17) is 33.2 Å². The van der Waals surface area contributed by atoms with Crippen LogP contribution in [0, 0.1) is 17.8 Å². The van der Waals surface area contributed by atoms with E-state index in [2.05, 4.69) is 6.08 Å². The van der Waals surface area contributed by atoms with E-state index in [-0.39, 0.29) is 43.8 Å². The second-order valence-electron chi connectivity index (χ2n) is 16.5. The van der Waals surface area contributed by atoms with Gasteiger partial charge in [0.1, 0.15) is 24.4 Å². The molecular weight excluding hydrogens is 736 g/mol. The summed E-state index contributed by atoms with van der Waals surface area (Å²) in [7, 11) is 4.56. The topological polar surface area (TPSA) is 183 Å². The van der Waals surface area contributed by atoms with Gasteiger partial charge in [0.05, 0.1) is 43.2 Å². The summed E-state index contributed by atoms with van der Waals surface area (Å²) in [5.41, 5.74) is 3.06. The van der Waals surface area contributed by atoms with E-state index in [9.17, 15) is 30.3 Å². The average Bonchev–Trinajstić information content (AvgIpc) is 3.14. The fourth-order valence-corrected chi connectivity index (χ4v) is 8.11. The van der Waals surface area contributed by atoms with Gasteiger partial charge in [-0.2, -0.15) is 0 Å². The summed E-state index contributed by atoms with van der Waals surface area (Å²) in [6.07, 6.45) is 5.31. The molecule has 3 heterocycles. The van der Waals surface area contributed by atoms with Gasteiger partial charge in [-0.05, 0) is 60.0 Å². The molecule has 0 aromatic rings. The smallest absolute Gasteiger partial charge is 0.333 e. The number of carbonyl (C=O) groups excluding carboxylic acids is 1. The van der Waals surface area contributed by atoms with Crippen molar-refractivity contribution >= 4 is 5.97 Å². The molecule has 0 aromatic heterocycles. The zero-order chi connectivity index (χ0) is 42.6. The standard InChI is InChI=1S/C44H72O13/c1-25-14-12-13-15-34(52-10)22-35(23-44(50)31(7)38(46)30(6)37(57-44)21-33(45)24-51-9)55-42(49)29(5)20-27(3)18-26(2)19-28(4)36(17-16-25)56-43-40(48)39(47)41(53-11)32(8)54-43/h14,16-20,28,30-41,43,45-48,50H,12-13,15,21-24H2,1-11H3/b17-16+,25-14+,26-19+,27-18+,29-20+/t28-,30+,31-,32+,33-,34-,35?,36-,37-,38+,39+,40-,41+,43+,44+/m1/s1.